The van der Waals surface area contributed by atoms with Crippen LogP contribution in [0.4, 0.5) is 8.78 Å². The standard InChI is InChI=1S/C11H5Br2ClF2S/c12-7-4-9(17-11(7)14)10(13)6-2-1-5(15)3-8(6)16/h1-4,10H. The normalized spacial score (nSPS) is 12.8. The third-order valence-corrected chi connectivity index (χ3v) is 5.98. The third kappa shape index (κ3) is 2.89. The first-order chi connectivity index (χ1) is 7.99. The smallest absolute Gasteiger partial charge is 0.130 e. The molecule has 1 aromatic carbocycles. The fraction of sp³-hybridized carbons (Fsp3) is 0.0909. The van der Waals surface area contributed by atoms with E-state index in [2.05, 4.69) is 31.9 Å². The van der Waals surface area contributed by atoms with Crippen LogP contribution in [-0.4, -0.2) is 0 Å². The molecule has 1 atom stereocenters. The van der Waals surface area contributed by atoms with Crippen LogP contribution in [0.5, 0.6) is 0 Å². The molecule has 0 nitrogen and oxygen atoms in total. The second-order valence-corrected chi connectivity index (χ2v) is 6.75. The Morgan fingerprint density at radius 1 is 1.24 bits per heavy atom. The monoisotopic (exact) mass is 400 g/mol. The molecule has 0 radical (unpaired) electrons. The molecule has 0 aliphatic carbocycles. The molecule has 0 bridgehead atoms. The Morgan fingerprint density at radius 3 is 2.47 bits per heavy atom. The van der Waals surface area contributed by atoms with Gasteiger partial charge < -0.3 is 0 Å². The Bertz CT molecular complexity index is 537. The molecule has 0 N–H and O–H groups in total. The van der Waals surface area contributed by atoms with Crippen LogP contribution in [-0.2, 0) is 0 Å². The molecule has 0 spiro atoms. The van der Waals surface area contributed by atoms with E-state index in [1.807, 2.05) is 6.07 Å². The summed E-state index contributed by atoms with van der Waals surface area (Å²) < 4.78 is 27.8. The van der Waals surface area contributed by atoms with Crippen molar-refractivity contribution in [2.75, 3.05) is 0 Å². The molecule has 1 unspecified atom stereocenters. The van der Waals surface area contributed by atoms with Crippen LogP contribution in [0.15, 0.2) is 28.7 Å². The van der Waals surface area contributed by atoms with Gasteiger partial charge in [0.25, 0.3) is 0 Å². The van der Waals surface area contributed by atoms with E-state index in [1.54, 1.807) is 0 Å². The second-order valence-electron chi connectivity index (χ2n) is 3.30. The van der Waals surface area contributed by atoms with Crippen molar-refractivity contribution >= 4 is 54.8 Å². The largest absolute Gasteiger partial charge is 0.207 e. The molecule has 0 aliphatic heterocycles. The van der Waals surface area contributed by atoms with E-state index in [1.165, 1.54) is 23.5 Å². The lowest BCUT2D eigenvalue weighted by Crippen LogP contribution is -1.95. The van der Waals surface area contributed by atoms with Crippen LogP contribution in [0, 0.1) is 11.6 Å². The zero-order valence-corrected chi connectivity index (χ0v) is 12.9. The number of hydrogen-bond donors (Lipinski definition) is 0. The number of rotatable bonds is 2. The van der Waals surface area contributed by atoms with Gasteiger partial charge in [-0.15, -0.1) is 11.3 Å². The molecule has 17 heavy (non-hydrogen) atoms. The molecule has 6 heteroatoms. The number of benzene rings is 1. The van der Waals surface area contributed by atoms with E-state index < -0.39 is 11.6 Å². The van der Waals surface area contributed by atoms with Gasteiger partial charge in [-0.1, -0.05) is 33.6 Å². The second kappa shape index (κ2) is 5.34. The van der Waals surface area contributed by atoms with Crippen LogP contribution in [0.2, 0.25) is 4.34 Å². The molecule has 2 rings (SSSR count). The van der Waals surface area contributed by atoms with Gasteiger partial charge in [-0.05, 0) is 28.1 Å². The molecule has 0 aliphatic rings. The molecule has 0 fully saturated rings. The number of halogens is 5. The maximum absolute atomic E-state index is 13.6. The van der Waals surface area contributed by atoms with Gasteiger partial charge >= 0.3 is 0 Å². The van der Waals surface area contributed by atoms with Crippen molar-refractivity contribution in [3.05, 3.63) is 55.1 Å². The molecule has 2 aromatic rings. The van der Waals surface area contributed by atoms with Gasteiger partial charge in [0.2, 0.25) is 0 Å². The van der Waals surface area contributed by atoms with Crippen molar-refractivity contribution in [1.29, 1.82) is 0 Å². The first-order valence-electron chi connectivity index (χ1n) is 4.53. The van der Waals surface area contributed by atoms with E-state index in [0.717, 1.165) is 15.4 Å². The highest BCUT2D eigenvalue weighted by atomic mass is 79.9. The third-order valence-electron chi connectivity index (χ3n) is 2.15. The van der Waals surface area contributed by atoms with E-state index in [4.69, 9.17) is 11.6 Å². The summed E-state index contributed by atoms with van der Waals surface area (Å²) in [5.74, 6) is -1.16. The maximum atomic E-state index is 13.6. The Labute approximate surface area is 123 Å². The Kier molecular flexibility index (Phi) is 4.23. The summed E-state index contributed by atoms with van der Waals surface area (Å²) in [6.45, 7) is 0. The van der Waals surface area contributed by atoms with Crippen LogP contribution in [0.1, 0.15) is 15.3 Å². The van der Waals surface area contributed by atoms with Gasteiger partial charge in [-0.2, -0.15) is 0 Å². The highest BCUT2D eigenvalue weighted by Gasteiger charge is 2.18. The topological polar surface area (TPSA) is 0 Å². The molecule has 0 saturated heterocycles. The molecule has 1 aromatic heterocycles. The molecular weight excluding hydrogens is 397 g/mol. The van der Waals surface area contributed by atoms with Gasteiger partial charge in [0.15, 0.2) is 0 Å². The van der Waals surface area contributed by atoms with Crippen LogP contribution in [0.3, 0.4) is 0 Å². The van der Waals surface area contributed by atoms with Gasteiger partial charge in [0, 0.05) is 21.0 Å². The van der Waals surface area contributed by atoms with Crippen LogP contribution < -0.4 is 0 Å². The summed E-state index contributed by atoms with van der Waals surface area (Å²) >= 11 is 13.9. The first kappa shape index (κ1) is 13.5. The summed E-state index contributed by atoms with van der Waals surface area (Å²) in [6.07, 6.45) is 0. The minimum Gasteiger partial charge on any atom is -0.207 e. The fourth-order valence-electron chi connectivity index (χ4n) is 1.35. The molecule has 90 valence electrons. The van der Waals surface area contributed by atoms with Gasteiger partial charge in [0.1, 0.15) is 16.0 Å². The molecule has 0 saturated carbocycles. The number of thiophene rings is 1. The zero-order valence-electron chi connectivity index (χ0n) is 8.18. The Morgan fingerprint density at radius 2 is 1.94 bits per heavy atom. The summed E-state index contributed by atoms with van der Waals surface area (Å²) in [6, 6.07) is 5.34. The lowest BCUT2D eigenvalue weighted by Gasteiger charge is -2.09. The van der Waals surface area contributed by atoms with Gasteiger partial charge in [-0.25, -0.2) is 8.78 Å². The lowest BCUT2D eigenvalue weighted by atomic mass is 10.1. The predicted octanol–water partition coefficient (Wildman–Crippen LogP) is 5.93. The maximum Gasteiger partial charge on any atom is 0.130 e. The summed E-state index contributed by atoms with van der Waals surface area (Å²) in [4.78, 5) is 0.518. The highest BCUT2D eigenvalue weighted by Crippen LogP contribution is 2.41. The average molecular weight is 402 g/mol. The van der Waals surface area contributed by atoms with E-state index in [-0.39, 0.29) is 4.83 Å². The number of hydrogen-bond acceptors (Lipinski definition) is 1. The average Bonchev–Trinajstić information content (AvgIpc) is 2.58. The quantitative estimate of drug-likeness (QED) is 0.547. The van der Waals surface area contributed by atoms with Crippen molar-refractivity contribution in [1.82, 2.24) is 0 Å². The van der Waals surface area contributed by atoms with Crippen molar-refractivity contribution in [2.24, 2.45) is 0 Å². The van der Waals surface area contributed by atoms with Crippen molar-refractivity contribution < 1.29 is 8.78 Å². The van der Waals surface area contributed by atoms with Crippen LogP contribution in [0.25, 0.3) is 0 Å². The van der Waals surface area contributed by atoms with Crippen molar-refractivity contribution in [3.63, 3.8) is 0 Å². The van der Waals surface area contributed by atoms with Crippen LogP contribution >= 0.6 is 54.8 Å². The van der Waals surface area contributed by atoms with E-state index in [9.17, 15) is 8.78 Å². The predicted molar refractivity (Wildman–Crippen MR) is 74.2 cm³/mol. The fourth-order valence-corrected chi connectivity index (χ4v) is 3.87. The lowest BCUT2D eigenvalue weighted by molar-refractivity contribution is 0.574. The van der Waals surface area contributed by atoms with Gasteiger partial charge in [-0.3, -0.25) is 0 Å². The summed E-state index contributed by atoms with van der Waals surface area (Å²) in [5, 5.41) is 0. The molecule has 1 heterocycles. The van der Waals surface area contributed by atoms with Crippen molar-refractivity contribution in [2.45, 2.75) is 4.83 Å². The van der Waals surface area contributed by atoms with Crippen molar-refractivity contribution in [3.8, 4) is 0 Å². The Balaban J connectivity index is 2.39. The summed E-state index contributed by atoms with van der Waals surface area (Å²) in [7, 11) is 0. The molecule has 0 amide bonds. The van der Waals surface area contributed by atoms with E-state index in [0.29, 0.717) is 9.90 Å². The minimum atomic E-state index is -0.587. The minimum absolute atomic E-state index is 0.336. The number of alkyl halides is 1. The Hall–Kier alpha value is 0.0300. The zero-order chi connectivity index (χ0) is 12.6. The van der Waals surface area contributed by atoms with Gasteiger partial charge in [0.05, 0.1) is 4.83 Å². The SMILES string of the molecule is Fc1ccc(C(Br)c2cc(Br)c(Cl)s2)c(F)c1. The molecular formula is C11H5Br2ClF2S. The highest BCUT2D eigenvalue weighted by molar-refractivity contribution is 9.10. The first-order valence-corrected chi connectivity index (χ1v) is 7.43. The summed E-state index contributed by atoms with van der Waals surface area (Å²) in [5.41, 5.74) is 0.386. The van der Waals surface area contributed by atoms with E-state index >= 15 is 0 Å².